The molecule has 2 aromatic rings. The zero-order valence-electron chi connectivity index (χ0n) is 22.4. The number of nitrogens with two attached hydrogens (primary N) is 1. The average molecular weight is 521 g/mol. The number of hydrogen-bond acceptors (Lipinski definition) is 6. The molecule has 204 valence electrons. The predicted octanol–water partition coefficient (Wildman–Crippen LogP) is 5.00. The van der Waals surface area contributed by atoms with Crippen LogP contribution in [0.1, 0.15) is 63.6 Å². The highest BCUT2D eigenvalue weighted by Gasteiger charge is 2.31. The molecule has 5 rings (SSSR count). The molecule has 2 saturated carbocycles. The monoisotopic (exact) mass is 520 g/mol. The number of aromatic nitrogens is 1. The van der Waals surface area contributed by atoms with Crippen molar-refractivity contribution >= 4 is 34.6 Å². The second-order valence-electron chi connectivity index (χ2n) is 10.6. The minimum Gasteiger partial charge on any atom is -0.493 e. The summed E-state index contributed by atoms with van der Waals surface area (Å²) in [6.07, 6.45) is 14.5. The van der Waals surface area contributed by atoms with Crippen LogP contribution in [0, 0.1) is 11.3 Å². The van der Waals surface area contributed by atoms with Crippen molar-refractivity contribution < 1.29 is 14.3 Å². The molecule has 2 fully saturated rings. The molecular formula is C29H40N6O3. The topological polar surface area (TPSA) is 118 Å². The molecule has 5 N–H and O–H groups in total. The molecule has 0 saturated heterocycles. The zero-order chi connectivity index (χ0) is 26.6. The van der Waals surface area contributed by atoms with Crippen LogP contribution in [0.3, 0.4) is 0 Å². The Morgan fingerprint density at radius 3 is 2.76 bits per heavy atom. The zero-order valence-corrected chi connectivity index (χ0v) is 22.4. The van der Waals surface area contributed by atoms with Gasteiger partial charge in [0.1, 0.15) is 11.9 Å². The number of carbonyl (C=O) groups excluding carboxylic acids is 1. The van der Waals surface area contributed by atoms with E-state index in [0.717, 1.165) is 65.7 Å². The minimum atomic E-state index is -0.344. The lowest BCUT2D eigenvalue weighted by Crippen LogP contribution is -2.36. The number of carbonyl (C=O) groups is 1. The summed E-state index contributed by atoms with van der Waals surface area (Å²) in [6, 6.07) is 6.48. The van der Waals surface area contributed by atoms with Crippen molar-refractivity contribution in [3.05, 3.63) is 42.1 Å². The van der Waals surface area contributed by atoms with Crippen LogP contribution in [0.4, 0.5) is 10.5 Å². The molecule has 1 aromatic heterocycles. The summed E-state index contributed by atoms with van der Waals surface area (Å²) in [5.74, 6) is 1.34. The third kappa shape index (κ3) is 5.67. The Hall–Kier alpha value is -3.46. The number of fused-ring (bicyclic) bond motifs is 1. The first-order valence-electron chi connectivity index (χ1n) is 13.8. The number of hydrogen-bond donors (Lipinski definition) is 4. The first kappa shape index (κ1) is 26.2. The molecule has 0 bridgehead atoms. The second kappa shape index (κ2) is 11.5. The minimum absolute atomic E-state index is 0.0229. The summed E-state index contributed by atoms with van der Waals surface area (Å²) >= 11 is 0. The first-order chi connectivity index (χ1) is 18.5. The third-order valence-corrected chi connectivity index (χ3v) is 7.97. The predicted molar refractivity (Wildman–Crippen MR) is 151 cm³/mol. The Labute approximate surface area is 224 Å². The van der Waals surface area contributed by atoms with Gasteiger partial charge in [-0.1, -0.05) is 18.2 Å². The molecule has 1 aromatic carbocycles. The smallest absolute Gasteiger partial charge is 0.407 e. The largest absolute Gasteiger partial charge is 0.493 e. The van der Waals surface area contributed by atoms with Crippen molar-refractivity contribution in [2.24, 2.45) is 5.92 Å². The maximum absolute atomic E-state index is 12.3. The van der Waals surface area contributed by atoms with Crippen LogP contribution in [0.25, 0.3) is 16.5 Å². The van der Waals surface area contributed by atoms with Crippen molar-refractivity contribution in [3.63, 3.8) is 0 Å². The summed E-state index contributed by atoms with van der Waals surface area (Å²) in [5, 5.41) is 13.1. The number of hydrazine groups is 1. The van der Waals surface area contributed by atoms with Crippen molar-refractivity contribution in [3.8, 4) is 5.75 Å². The maximum atomic E-state index is 12.3. The Morgan fingerprint density at radius 2 is 2.13 bits per heavy atom. The summed E-state index contributed by atoms with van der Waals surface area (Å²) in [6.45, 7) is 3.24. The van der Waals surface area contributed by atoms with E-state index in [1.165, 1.54) is 12.8 Å². The summed E-state index contributed by atoms with van der Waals surface area (Å²) in [5.41, 5.74) is 13.7. The molecule has 1 amide bonds. The molecule has 9 heteroatoms. The van der Waals surface area contributed by atoms with E-state index < -0.39 is 0 Å². The summed E-state index contributed by atoms with van der Waals surface area (Å²) < 4.78 is 14.0. The lowest BCUT2D eigenvalue weighted by molar-refractivity contribution is 0.0938. The molecule has 2 atom stereocenters. The van der Waals surface area contributed by atoms with Crippen LogP contribution >= 0.6 is 0 Å². The third-order valence-electron chi connectivity index (χ3n) is 7.97. The Morgan fingerprint density at radius 1 is 1.32 bits per heavy atom. The van der Waals surface area contributed by atoms with Gasteiger partial charge in [-0.3, -0.25) is 10.4 Å². The highest BCUT2D eigenvalue weighted by Crippen LogP contribution is 2.44. The fraction of sp³-hybridized carbons (Fsp3) is 0.517. The van der Waals surface area contributed by atoms with Crippen LogP contribution < -0.4 is 21.2 Å². The Balaban J connectivity index is 1.30. The molecule has 0 aliphatic heterocycles. The number of nitrogens with one attached hydrogen (secondary N) is 3. The van der Waals surface area contributed by atoms with Gasteiger partial charge in [0, 0.05) is 37.5 Å². The van der Waals surface area contributed by atoms with E-state index in [1.54, 1.807) is 12.1 Å². The van der Waals surface area contributed by atoms with Gasteiger partial charge in [0.2, 0.25) is 0 Å². The molecule has 38 heavy (non-hydrogen) atoms. The van der Waals surface area contributed by atoms with Crippen LogP contribution in [-0.4, -0.2) is 54.4 Å². The van der Waals surface area contributed by atoms with Crippen LogP contribution in [0.5, 0.6) is 5.75 Å². The van der Waals surface area contributed by atoms with Crippen molar-refractivity contribution in [2.75, 3.05) is 25.9 Å². The van der Waals surface area contributed by atoms with Gasteiger partial charge in [-0.2, -0.15) is 0 Å². The highest BCUT2D eigenvalue weighted by molar-refractivity contribution is 6.01. The SMILES string of the molecule is CNN(C=N)CCCOc1ccc2c(N)c(C3=CCC(NC(=O)O[C@H](C)C4CC4)C=C3)n(C3CCC3)c2c1. The first-order valence-corrected chi connectivity index (χ1v) is 13.8. The number of anilines is 1. The lowest BCUT2D eigenvalue weighted by atomic mass is 9.91. The number of allylic oxidation sites excluding steroid dienone is 2. The van der Waals surface area contributed by atoms with Crippen LogP contribution in [0.2, 0.25) is 0 Å². The molecule has 3 aliphatic carbocycles. The van der Waals surface area contributed by atoms with Gasteiger partial charge in [0.05, 0.1) is 35.9 Å². The standard InChI is InChI=1S/C29H40N6O3/c1-19(20-7-8-20)38-29(36)33-22-11-9-21(10-12-22)28-27(31)25-14-13-24(37-16-4-15-34(18-30)32-2)17-26(25)35(28)23-5-3-6-23/h9-11,13-14,17-20,22-23,30,32H,3-8,12,15-16,31H2,1-2H3,(H,33,36)/t19-,22?/m1/s1. The number of nitrogen functional groups attached to an aromatic ring is 1. The van der Waals surface area contributed by atoms with Crippen molar-refractivity contribution in [2.45, 2.75) is 70.1 Å². The van der Waals surface area contributed by atoms with Gasteiger partial charge >= 0.3 is 6.09 Å². The van der Waals surface area contributed by atoms with E-state index in [1.807, 2.05) is 19.1 Å². The number of ether oxygens (including phenoxy) is 2. The number of rotatable bonds is 12. The Bertz CT molecular complexity index is 1230. The molecule has 1 unspecified atom stereocenters. The van der Waals surface area contributed by atoms with Crippen molar-refractivity contribution in [1.29, 1.82) is 5.41 Å². The molecule has 0 radical (unpaired) electrons. The number of benzene rings is 1. The average Bonchev–Trinajstić information content (AvgIpc) is 3.70. The molecular weight excluding hydrogens is 480 g/mol. The fourth-order valence-corrected chi connectivity index (χ4v) is 5.31. The number of nitrogens with zero attached hydrogens (tertiary/aromatic N) is 2. The van der Waals surface area contributed by atoms with Crippen molar-refractivity contribution in [1.82, 2.24) is 20.3 Å². The second-order valence-corrected chi connectivity index (χ2v) is 10.6. The Kier molecular flexibility index (Phi) is 7.93. The maximum Gasteiger partial charge on any atom is 0.407 e. The molecule has 3 aliphatic rings. The number of amides is 1. The van der Waals surface area contributed by atoms with Gasteiger partial charge in [-0.25, -0.2) is 10.2 Å². The van der Waals surface area contributed by atoms with E-state index in [2.05, 4.69) is 39.6 Å². The van der Waals surface area contributed by atoms with Gasteiger partial charge < -0.3 is 25.1 Å². The molecule has 0 spiro atoms. The summed E-state index contributed by atoms with van der Waals surface area (Å²) in [7, 11) is 1.80. The lowest BCUT2D eigenvalue weighted by Gasteiger charge is -2.31. The number of alkyl carbamates (subject to hydrolysis) is 1. The van der Waals surface area contributed by atoms with E-state index >= 15 is 0 Å². The van der Waals surface area contributed by atoms with Gasteiger partial charge in [0.25, 0.3) is 0 Å². The van der Waals surface area contributed by atoms with Crippen LogP contribution in [-0.2, 0) is 4.74 Å². The van der Waals surface area contributed by atoms with E-state index in [4.69, 9.17) is 20.6 Å². The van der Waals surface area contributed by atoms with Gasteiger partial charge in [-0.05, 0) is 69.1 Å². The fourth-order valence-electron chi connectivity index (χ4n) is 5.31. The van der Waals surface area contributed by atoms with Crippen LogP contribution in [0.15, 0.2) is 36.4 Å². The highest BCUT2D eigenvalue weighted by atomic mass is 16.6. The normalized spacial score (nSPS) is 19.9. The quantitative estimate of drug-likeness (QED) is 0.135. The van der Waals surface area contributed by atoms with Gasteiger partial charge in [0.15, 0.2) is 0 Å². The molecule has 9 nitrogen and oxygen atoms in total. The van der Waals surface area contributed by atoms with E-state index in [0.29, 0.717) is 31.5 Å². The van der Waals surface area contributed by atoms with E-state index in [9.17, 15) is 4.79 Å². The van der Waals surface area contributed by atoms with E-state index in [-0.39, 0.29) is 18.2 Å². The molecule has 1 heterocycles. The summed E-state index contributed by atoms with van der Waals surface area (Å²) in [4.78, 5) is 12.3. The van der Waals surface area contributed by atoms with Gasteiger partial charge in [-0.15, -0.1) is 0 Å².